The zero-order valence-electron chi connectivity index (χ0n) is 14.6. The number of rotatable bonds is 4. The number of nitrogens with one attached hydrogen (secondary N) is 3. The Morgan fingerprint density at radius 1 is 1.08 bits per heavy atom. The van der Waals surface area contributed by atoms with Crippen LogP contribution in [0.1, 0.15) is 25.6 Å². The topological polar surface area (TPSA) is 95.5 Å². The Morgan fingerprint density at radius 3 is 2.38 bits per heavy atom. The summed E-state index contributed by atoms with van der Waals surface area (Å²) in [4.78, 5) is 32.3. The minimum atomic E-state index is -0.377. The molecule has 3 N–H and O–H groups in total. The summed E-state index contributed by atoms with van der Waals surface area (Å²) in [6.45, 7) is 5.00. The van der Waals surface area contributed by atoms with Gasteiger partial charge in [0.25, 0.3) is 0 Å². The molecule has 0 saturated carbocycles. The van der Waals surface area contributed by atoms with Crippen molar-refractivity contribution in [2.75, 3.05) is 21.7 Å². The van der Waals surface area contributed by atoms with Crippen molar-refractivity contribution in [2.45, 2.75) is 26.3 Å². The van der Waals surface area contributed by atoms with Gasteiger partial charge in [-0.05, 0) is 31.2 Å². The lowest BCUT2D eigenvalue weighted by molar-refractivity contribution is -0.115. The minimum absolute atomic E-state index is 0.0969. The molecule has 136 valence electrons. The SMILES string of the molecule is CC(=O)Nc1ccc(NC2=NC(C)(c3cnc(NC(C)=O)s3)CS2)cc1. The third-order valence-corrected chi connectivity index (χ3v) is 5.95. The number of thiazole rings is 1. The quantitative estimate of drug-likeness (QED) is 0.744. The van der Waals surface area contributed by atoms with E-state index in [1.165, 1.54) is 25.2 Å². The minimum Gasteiger partial charge on any atom is -0.335 e. The zero-order valence-corrected chi connectivity index (χ0v) is 16.3. The van der Waals surface area contributed by atoms with Crippen molar-refractivity contribution in [3.63, 3.8) is 0 Å². The van der Waals surface area contributed by atoms with E-state index in [-0.39, 0.29) is 17.4 Å². The van der Waals surface area contributed by atoms with Gasteiger partial charge >= 0.3 is 0 Å². The van der Waals surface area contributed by atoms with E-state index in [0.29, 0.717) is 5.13 Å². The molecule has 0 fully saturated rings. The van der Waals surface area contributed by atoms with Crippen LogP contribution in [0.25, 0.3) is 0 Å². The second-order valence-corrected chi connectivity index (χ2v) is 8.07. The van der Waals surface area contributed by atoms with Crippen LogP contribution in [0.5, 0.6) is 0 Å². The Bertz CT molecular complexity index is 862. The second kappa shape index (κ2) is 7.46. The molecule has 1 aliphatic rings. The lowest BCUT2D eigenvalue weighted by Crippen LogP contribution is -2.17. The van der Waals surface area contributed by atoms with Gasteiger partial charge in [-0.3, -0.25) is 9.59 Å². The van der Waals surface area contributed by atoms with Gasteiger partial charge < -0.3 is 16.0 Å². The molecular weight excluding hydrogens is 370 g/mol. The number of aromatic nitrogens is 1. The Kier molecular flexibility index (Phi) is 5.28. The van der Waals surface area contributed by atoms with E-state index in [9.17, 15) is 9.59 Å². The van der Waals surface area contributed by atoms with Gasteiger partial charge in [-0.15, -0.1) is 0 Å². The third kappa shape index (κ3) is 4.41. The molecule has 1 atom stereocenters. The molecular formula is C17H19N5O2S2. The molecule has 1 unspecified atom stereocenters. The van der Waals surface area contributed by atoms with Gasteiger partial charge in [0.15, 0.2) is 10.3 Å². The maximum Gasteiger partial charge on any atom is 0.223 e. The molecule has 0 saturated heterocycles. The monoisotopic (exact) mass is 389 g/mol. The number of amides is 2. The summed E-state index contributed by atoms with van der Waals surface area (Å²) in [6.07, 6.45) is 1.77. The van der Waals surface area contributed by atoms with Gasteiger partial charge in [-0.2, -0.15) is 0 Å². The average molecular weight is 390 g/mol. The number of nitrogens with zero attached hydrogens (tertiary/aromatic N) is 2. The summed E-state index contributed by atoms with van der Waals surface area (Å²) in [6, 6.07) is 7.47. The molecule has 2 aromatic rings. The fourth-order valence-electron chi connectivity index (χ4n) is 2.38. The van der Waals surface area contributed by atoms with Crippen LogP contribution in [0.15, 0.2) is 35.5 Å². The number of amidine groups is 1. The first-order valence-electron chi connectivity index (χ1n) is 7.95. The molecule has 3 rings (SSSR count). The summed E-state index contributed by atoms with van der Waals surface area (Å²) >= 11 is 3.08. The lowest BCUT2D eigenvalue weighted by atomic mass is 10.1. The summed E-state index contributed by atoms with van der Waals surface area (Å²) in [5, 5.41) is 10.2. The first-order chi connectivity index (χ1) is 12.3. The first-order valence-corrected chi connectivity index (χ1v) is 9.75. The molecule has 1 aromatic heterocycles. The van der Waals surface area contributed by atoms with Crippen molar-refractivity contribution in [3.8, 4) is 0 Å². The summed E-state index contributed by atoms with van der Waals surface area (Å²) in [7, 11) is 0. The highest BCUT2D eigenvalue weighted by Crippen LogP contribution is 2.40. The highest BCUT2D eigenvalue weighted by molar-refractivity contribution is 8.14. The number of anilines is 3. The van der Waals surface area contributed by atoms with Crippen LogP contribution in [0.2, 0.25) is 0 Å². The molecule has 1 aromatic carbocycles. The molecule has 9 heteroatoms. The Balaban J connectivity index is 1.69. The Hall–Kier alpha value is -2.39. The molecule has 2 heterocycles. The summed E-state index contributed by atoms with van der Waals surface area (Å²) in [5.41, 5.74) is 1.28. The van der Waals surface area contributed by atoms with Crippen LogP contribution in [-0.4, -0.2) is 27.7 Å². The van der Waals surface area contributed by atoms with E-state index >= 15 is 0 Å². The fraction of sp³-hybridized carbons (Fsp3) is 0.294. The number of hydrogen-bond donors (Lipinski definition) is 3. The van der Waals surface area contributed by atoms with Crippen molar-refractivity contribution < 1.29 is 9.59 Å². The van der Waals surface area contributed by atoms with E-state index < -0.39 is 0 Å². The molecule has 0 bridgehead atoms. The highest BCUT2D eigenvalue weighted by Gasteiger charge is 2.34. The van der Waals surface area contributed by atoms with Crippen molar-refractivity contribution in [1.82, 2.24) is 4.98 Å². The Morgan fingerprint density at radius 2 is 1.73 bits per heavy atom. The first kappa shape index (κ1) is 18.4. The van der Waals surface area contributed by atoms with E-state index in [0.717, 1.165) is 27.2 Å². The van der Waals surface area contributed by atoms with Gasteiger partial charge in [0.1, 0.15) is 5.54 Å². The van der Waals surface area contributed by atoms with Crippen LogP contribution in [-0.2, 0) is 15.1 Å². The standard InChI is InChI=1S/C17H19N5O2S2/c1-10(23)19-12-4-6-13(7-5-12)21-16-22-17(3,9-25-16)14-8-18-15(26-14)20-11(2)24/h4-8H,9H2,1-3H3,(H,19,23)(H,21,22)(H,18,20,24). The fourth-order valence-corrected chi connectivity index (χ4v) is 4.52. The molecule has 0 aliphatic carbocycles. The van der Waals surface area contributed by atoms with Gasteiger partial charge in [0.2, 0.25) is 11.8 Å². The number of thioether (sulfide) groups is 1. The van der Waals surface area contributed by atoms with Crippen molar-refractivity contribution in [3.05, 3.63) is 35.3 Å². The largest absolute Gasteiger partial charge is 0.335 e. The molecule has 7 nitrogen and oxygen atoms in total. The summed E-state index contributed by atoms with van der Waals surface area (Å²) < 4.78 is 0. The lowest BCUT2D eigenvalue weighted by Gasteiger charge is -2.16. The van der Waals surface area contributed by atoms with Crippen LogP contribution >= 0.6 is 23.1 Å². The van der Waals surface area contributed by atoms with Crippen molar-refractivity contribution in [1.29, 1.82) is 0 Å². The zero-order chi connectivity index (χ0) is 18.7. The van der Waals surface area contributed by atoms with Crippen LogP contribution in [0.3, 0.4) is 0 Å². The van der Waals surface area contributed by atoms with Crippen molar-refractivity contribution in [2.24, 2.45) is 4.99 Å². The van der Waals surface area contributed by atoms with E-state index in [1.807, 2.05) is 24.3 Å². The molecule has 26 heavy (non-hydrogen) atoms. The number of aliphatic imine (C=N–C) groups is 1. The van der Waals surface area contributed by atoms with Gasteiger partial charge in [-0.25, -0.2) is 9.98 Å². The number of benzene rings is 1. The molecule has 2 amide bonds. The van der Waals surface area contributed by atoms with Crippen LogP contribution < -0.4 is 16.0 Å². The predicted molar refractivity (Wildman–Crippen MR) is 108 cm³/mol. The predicted octanol–water partition coefficient (Wildman–Crippen LogP) is 3.49. The number of carbonyl (C=O) groups is 2. The van der Waals surface area contributed by atoms with Crippen molar-refractivity contribution >= 4 is 56.6 Å². The third-order valence-electron chi connectivity index (χ3n) is 3.61. The normalized spacial score (nSPS) is 19.0. The maximum absolute atomic E-state index is 11.2. The summed E-state index contributed by atoms with van der Waals surface area (Å²) in [5.74, 6) is 0.562. The average Bonchev–Trinajstić information content (AvgIpc) is 3.16. The van der Waals surface area contributed by atoms with E-state index in [2.05, 4.69) is 27.9 Å². The molecule has 1 aliphatic heterocycles. The number of carbonyl (C=O) groups excluding carboxylic acids is 2. The Labute approximate surface area is 159 Å². The molecule has 0 radical (unpaired) electrons. The molecule has 0 spiro atoms. The van der Waals surface area contributed by atoms with Gasteiger partial charge in [0, 0.05) is 37.2 Å². The van der Waals surface area contributed by atoms with Crippen LogP contribution in [0.4, 0.5) is 16.5 Å². The van der Waals surface area contributed by atoms with E-state index in [4.69, 9.17) is 4.99 Å². The second-order valence-electron chi connectivity index (χ2n) is 6.07. The van der Waals surface area contributed by atoms with Crippen LogP contribution in [0, 0.1) is 0 Å². The maximum atomic E-state index is 11.2. The smallest absolute Gasteiger partial charge is 0.223 e. The van der Waals surface area contributed by atoms with E-state index in [1.54, 1.807) is 18.0 Å². The van der Waals surface area contributed by atoms with Gasteiger partial charge in [-0.1, -0.05) is 23.1 Å². The number of hydrogen-bond acceptors (Lipinski definition) is 7. The highest BCUT2D eigenvalue weighted by atomic mass is 32.2. The van der Waals surface area contributed by atoms with Gasteiger partial charge in [0.05, 0.1) is 4.88 Å².